The summed E-state index contributed by atoms with van der Waals surface area (Å²) in [4.78, 5) is 0. The van der Waals surface area contributed by atoms with Gasteiger partial charge in [-0.15, -0.1) is 0 Å². The van der Waals surface area contributed by atoms with Crippen LogP contribution < -0.4 is 0 Å². The Bertz CT molecular complexity index is 672. The van der Waals surface area contributed by atoms with Gasteiger partial charge in [-0.2, -0.15) is 0 Å². The van der Waals surface area contributed by atoms with Crippen LogP contribution in [-0.2, 0) is 18.4 Å². The summed E-state index contributed by atoms with van der Waals surface area (Å²) in [5.74, 6) is -0.653. The Kier molecular flexibility index (Phi) is 3.38. The Morgan fingerprint density at radius 1 is 1.15 bits per heavy atom. The van der Waals surface area contributed by atoms with E-state index in [2.05, 4.69) is 15.9 Å². The first-order valence-electron chi connectivity index (χ1n) is 6.44. The molecule has 0 amide bonds. The standard InChI is InChI=1S/C16H13BrF2O/c17-11-4-5-14(18)10(8-11)9-16(20)7-6-12-13(16)2-1-3-15(12)19/h1-5,8,20H,6-7,9H2. The molecular weight excluding hydrogens is 326 g/mol. The fourth-order valence-corrected chi connectivity index (χ4v) is 3.30. The van der Waals surface area contributed by atoms with Crippen molar-refractivity contribution in [2.75, 3.05) is 0 Å². The van der Waals surface area contributed by atoms with Crippen molar-refractivity contribution in [3.63, 3.8) is 0 Å². The third kappa shape index (κ3) is 2.27. The minimum Gasteiger partial charge on any atom is -0.385 e. The topological polar surface area (TPSA) is 20.2 Å². The van der Waals surface area contributed by atoms with E-state index >= 15 is 0 Å². The maximum Gasteiger partial charge on any atom is 0.126 e. The summed E-state index contributed by atoms with van der Waals surface area (Å²) in [6.07, 6.45) is 1.04. The van der Waals surface area contributed by atoms with E-state index in [1.807, 2.05) is 0 Å². The van der Waals surface area contributed by atoms with E-state index in [4.69, 9.17) is 0 Å². The Balaban J connectivity index is 2.00. The van der Waals surface area contributed by atoms with Gasteiger partial charge >= 0.3 is 0 Å². The first-order chi connectivity index (χ1) is 9.49. The molecule has 3 rings (SSSR count). The van der Waals surface area contributed by atoms with Crippen LogP contribution in [0.5, 0.6) is 0 Å². The van der Waals surface area contributed by atoms with Gasteiger partial charge in [-0.1, -0.05) is 28.1 Å². The Morgan fingerprint density at radius 2 is 1.95 bits per heavy atom. The van der Waals surface area contributed by atoms with Crippen molar-refractivity contribution in [3.05, 3.63) is 69.2 Å². The van der Waals surface area contributed by atoms with E-state index in [-0.39, 0.29) is 18.1 Å². The second-order valence-corrected chi connectivity index (χ2v) is 6.13. The molecule has 0 aliphatic heterocycles. The zero-order valence-corrected chi connectivity index (χ0v) is 12.3. The van der Waals surface area contributed by atoms with Crippen molar-refractivity contribution in [2.24, 2.45) is 0 Å². The van der Waals surface area contributed by atoms with Gasteiger partial charge in [0.25, 0.3) is 0 Å². The van der Waals surface area contributed by atoms with E-state index in [0.717, 1.165) is 4.47 Å². The largest absolute Gasteiger partial charge is 0.385 e. The van der Waals surface area contributed by atoms with Crippen LogP contribution in [0.25, 0.3) is 0 Å². The number of fused-ring (bicyclic) bond motifs is 1. The zero-order chi connectivity index (χ0) is 14.3. The van der Waals surface area contributed by atoms with Gasteiger partial charge in [-0.25, -0.2) is 8.78 Å². The second kappa shape index (κ2) is 4.93. The van der Waals surface area contributed by atoms with E-state index in [1.54, 1.807) is 24.3 Å². The number of hydrogen-bond acceptors (Lipinski definition) is 1. The van der Waals surface area contributed by atoms with Gasteiger partial charge in [0.1, 0.15) is 11.6 Å². The zero-order valence-electron chi connectivity index (χ0n) is 10.7. The highest BCUT2D eigenvalue weighted by Crippen LogP contribution is 2.40. The summed E-state index contributed by atoms with van der Waals surface area (Å²) in [7, 11) is 0. The third-order valence-electron chi connectivity index (χ3n) is 3.90. The van der Waals surface area contributed by atoms with Gasteiger partial charge in [-0.3, -0.25) is 0 Å². The van der Waals surface area contributed by atoms with Gasteiger partial charge in [0.2, 0.25) is 0 Å². The predicted octanol–water partition coefficient (Wildman–Crippen LogP) is 4.10. The average Bonchev–Trinajstić information content (AvgIpc) is 2.73. The molecule has 1 N–H and O–H groups in total. The summed E-state index contributed by atoms with van der Waals surface area (Å²) in [5, 5.41) is 10.8. The van der Waals surface area contributed by atoms with Crippen molar-refractivity contribution < 1.29 is 13.9 Å². The molecule has 0 bridgehead atoms. The highest BCUT2D eigenvalue weighted by Gasteiger charge is 2.38. The third-order valence-corrected chi connectivity index (χ3v) is 4.39. The van der Waals surface area contributed by atoms with Crippen LogP contribution in [-0.4, -0.2) is 5.11 Å². The van der Waals surface area contributed by atoms with Crippen molar-refractivity contribution >= 4 is 15.9 Å². The Morgan fingerprint density at radius 3 is 2.75 bits per heavy atom. The maximum absolute atomic E-state index is 13.8. The summed E-state index contributed by atoms with van der Waals surface area (Å²) >= 11 is 3.30. The predicted molar refractivity (Wildman–Crippen MR) is 76.4 cm³/mol. The molecule has 1 aliphatic rings. The smallest absolute Gasteiger partial charge is 0.126 e. The van der Waals surface area contributed by atoms with E-state index in [9.17, 15) is 13.9 Å². The molecule has 0 saturated heterocycles. The summed E-state index contributed by atoms with van der Waals surface area (Å²) < 4.78 is 28.3. The highest BCUT2D eigenvalue weighted by atomic mass is 79.9. The Hall–Kier alpha value is -1.26. The lowest BCUT2D eigenvalue weighted by molar-refractivity contribution is 0.0380. The summed E-state index contributed by atoms with van der Waals surface area (Å²) in [6.45, 7) is 0. The molecular formula is C16H13BrF2O. The number of halogens is 3. The van der Waals surface area contributed by atoms with Gasteiger partial charge in [-0.05, 0) is 53.8 Å². The molecule has 1 atom stereocenters. The van der Waals surface area contributed by atoms with Crippen LogP contribution in [0.15, 0.2) is 40.9 Å². The first kappa shape index (κ1) is 13.7. The molecule has 1 nitrogen and oxygen atoms in total. The van der Waals surface area contributed by atoms with E-state index in [1.165, 1.54) is 12.1 Å². The van der Waals surface area contributed by atoms with Gasteiger partial charge in [0.15, 0.2) is 0 Å². The minimum atomic E-state index is -1.20. The molecule has 4 heteroatoms. The lowest BCUT2D eigenvalue weighted by atomic mass is 9.88. The summed E-state index contributed by atoms with van der Waals surface area (Å²) in [5.41, 5.74) is 0.361. The molecule has 0 spiro atoms. The Labute approximate surface area is 124 Å². The van der Waals surface area contributed by atoms with E-state index < -0.39 is 5.60 Å². The van der Waals surface area contributed by atoms with Gasteiger partial charge in [0, 0.05) is 10.9 Å². The average molecular weight is 339 g/mol. The van der Waals surface area contributed by atoms with Crippen LogP contribution in [0, 0.1) is 11.6 Å². The second-order valence-electron chi connectivity index (χ2n) is 5.21. The molecule has 2 aromatic carbocycles. The van der Waals surface area contributed by atoms with Gasteiger partial charge < -0.3 is 5.11 Å². The molecule has 1 aliphatic carbocycles. The number of aliphatic hydroxyl groups is 1. The molecule has 0 fully saturated rings. The molecule has 20 heavy (non-hydrogen) atoms. The normalized spacial score (nSPS) is 21.0. The molecule has 0 radical (unpaired) electrons. The van der Waals surface area contributed by atoms with Crippen LogP contribution in [0.3, 0.4) is 0 Å². The molecule has 104 valence electrons. The van der Waals surface area contributed by atoms with Crippen LogP contribution >= 0.6 is 15.9 Å². The molecule has 1 unspecified atom stereocenters. The quantitative estimate of drug-likeness (QED) is 0.873. The molecule has 0 saturated carbocycles. The van der Waals surface area contributed by atoms with Crippen LogP contribution in [0.1, 0.15) is 23.1 Å². The highest BCUT2D eigenvalue weighted by molar-refractivity contribution is 9.10. The van der Waals surface area contributed by atoms with Crippen molar-refractivity contribution in [1.29, 1.82) is 0 Å². The number of hydrogen-bond donors (Lipinski definition) is 1. The maximum atomic E-state index is 13.8. The fraction of sp³-hybridized carbons (Fsp3) is 0.250. The molecule has 0 heterocycles. The van der Waals surface area contributed by atoms with Crippen molar-refractivity contribution in [2.45, 2.75) is 24.9 Å². The van der Waals surface area contributed by atoms with Crippen molar-refractivity contribution in [3.8, 4) is 0 Å². The van der Waals surface area contributed by atoms with Crippen LogP contribution in [0.4, 0.5) is 8.78 Å². The first-order valence-corrected chi connectivity index (χ1v) is 7.23. The van der Waals surface area contributed by atoms with Crippen molar-refractivity contribution in [1.82, 2.24) is 0 Å². The minimum absolute atomic E-state index is 0.148. The number of rotatable bonds is 2. The summed E-state index contributed by atoms with van der Waals surface area (Å²) in [6, 6.07) is 9.34. The molecule has 2 aromatic rings. The SMILES string of the molecule is OC1(Cc2cc(Br)ccc2F)CCc2c(F)cccc21. The fourth-order valence-electron chi connectivity index (χ4n) is 2.89. The van der Waals surface area contributed by atoms with E-state index in [0.29, 0.717) is 29.5 Å². The van der Waals surface area contributed by atoms with Crippen LogP contribution in [0.2, 0.25) is 0 Å². The number of benzene rings is 2. The molecule has 0 aromatic heterocycles. The lowest BCUT2D eigenvalue weighted by Crippen LogP contribution is -2.26. The monoisotopic (exact) mass is 338 g/mol. The lowest BCUT2D eigenvalue weighted by Gasteiger charge is -2.24. The van der Waals surface area contributed by atoms with Gasteiger partial charge in [0.05, 0.1) is 5.60 Å².